The fraction of sp³-hybridized carbons (Fsp3) is 0.476. The van der Waals surface area contributed by atoms with E-state index in [0.717, 1.165) is 39.1 Å². The molecule has 9 heteroatoms. The molecule has 7 nitrogen and oxygen atoms in total. The van der Waals surface area contributed by atoms with Gasteiger partial charge in [-0.25, -0.2) is 8.42 Å². The number of amides is 1. The van der Waals surface area contributed by atoms with E-state index < -0.39 is 9.84 Å². The van der Waals surface area contributed by atoms with Crippen molar-refractivity contribution in [2.24, 2.45) is 0 Å². The predicted molar refractivity (Wildman–Crippen MR) is 117 cm³/mol. The van der Waals surface area contributed by atoms with Crippen LogP contribution in [0.15, 0.2) is 40.8 Å². The minimum atomic E-state index is -3.43. The molecule has 0 unspecified atom stereocenters. The molecule has 1 aliphatic heterocycles. The van der Waals surface area contributed by atoms with E-state index >= 15 is 0 Å². The van der Waals surface area contributed by atoms with E-state index in [4.69, 9.17) is 16.0 Å². The molecule has 1 aromatic carbocycles. The Balaban J connectivity index is 1.43. The minimum Gasteiger partial charge on any atom is -0.455 e. The molecule has 1 aromatic heterocycles. The number of hydrogen-bond acceptors (Lipinski definition) is 6. The summed E-state index contributed by atoms with van der Waals surface area (Å²) in [6.45, 7) is 5.74. The molecule has 1 saturated heterocycles. The van der Waals surface area contributed by atoms with Crippen LogP contribution in [0.25, 0.3) is 0 Å². The summed E-state index contributed by atoms with van der Waals surface area (Å²) in [5.74, 6) is -0.307. The lowest BCUT2D eigenvalue weighted by Crippen LogP contribution is -2.45. The molecule has 2 aromatic rings. The van der Waals surface area contributed by atoms with Crippen LogP contribution in [0.4, 0.5) is 0 Å². The molecule has 1 amide bonds. The number of carbonyl (C=O) groups is 1. The first-order chi connectivity index (χ1) is 14.3. The molecule has 30 heavy (non-hydrogen) atoms. The summed E-state index contributed by atoms with van der Waals surface area (Å²) in [4.78, 5) is 17.0. The third-order valence-electron chi connectivity index (χ3n) is 5.08. The van der Waals surface area contributed by atoms with Gasteiger partial charge in [0.05, 0.1) is 5.75 Å². The van der Waals surface area contributed by atoms with E-state index in [2.05, 4.69) is 22.2 Å². The molecular weight excluding hydrogens is 426 g/mol. The van der Waals surface area contributed by atoms with Gasteiger partial charge in [-0.2, -0.15) is 0 Å². The highest BCUT2D eigenvalue weighted by Gasteiger charge is 2.18. The van der Waals surface area contributed by atoms with E-state index in [1.807, 2.05) is 0 Å². The number of sulfone groups is 1. The van der Waals surface area contributed by atoms with Crippen LogP contribution in [0, 0.1) is 0 Å². The first-order valence-electron chi connectivity index (χ1n) is 10.0. The summed E-state index contributed by atoms with van der Waals surface area (Å²) in [7, 11) is -1.30. The summed E-state index contributed by atoms with van der Waals surface area (Å²) in [6, 6.07) is 9.74. The highest BCUT2D eigenvalue weighted by atomic mass is 35.5. The summed E-state index contributed by atoms with van der Waals surface area (Å²) in [5.41, 5.74) is 0.657. The lowest BCUT2D eigenvalue weighted by molar-refractivity contribution is 0.0920. The number of furan rings is 1. The van der Waals surface area contributed by atoms with Crippen molar-refractivity contribution in [2.45, 2.75) is 17.9 Å². The third-order valence-corrected chi connectivity index (χ3v) is 6.83. The number of nitrogens with zero attached hydrogens (tertiary/aromatic N) is 2. The van der Waals surface area contributed by atoms with Gasteiger partial charge in [-0.15, -0.1) is 0 Å². The SMILES string of the molecule is CN1CCN(CCCNC(=O)c2ccc(CS(=O)(=O)Cc3ccc(Cl)cc3)o2)CC1. The van der Waals surface area contributed by atoms with E-state index in [0.29, 0.717) is 17.1 Å². The van der Waals surface area contributed by atoms with Crippen molar-refractivity contribution < 1.29 is 17.6 Å². The van der Waals surface area contributed by atoms with Gasteiger partial charge in [0.15, 0.2) is 15.6 Å². The highest BCUT2D eigenvalue weighted by Crippen LogP contribution is 2.17. The van der Waals surface area contributed by atoms with Crippen molar-refractivity contribution in [1.82, 2.24) is 15.1 Å². The van der Waals surface area contributed by atoms with Crippen LogP contribution in [-0.2, 0) is 21.3 Å². The van der Waals surface area contributed by atoms with Gasteiger partial charge in [0.25, 0.3) is 5.91 Å². The third kappa shape index (κ3) is 7.12. The molecule has 0 bridgehead atoms. The Morgan fingerprint density at radius 1 is 1.07 bits per heavy atom. The van der Waals surface area contributed by atoms with Crippen LogP contribution in [0.2, 0.25) is 5.02 Å². The van der Waals surface area contributed by atoms with Crippen LogP contribution in [0.1, 0.15) is 28.3 Å². The summed E-state index contributed by atoms with van der Waals surface area (Å²) < 4.78 is 30.3. The van der Waals surface area contributed by atoms with Crippen LogP contribution in [0.3, 0.4) is 0 Å². The Labute approximate surface area is 182 Å². The molecule has 1 aliphatic rings. The Morgan fingerprint density at radius 2 is 1.77 bits per heavy atom. The van der Waals surface area contributed by atoms with Gasteiger partial charge in [-0.05, 0) is 49.8 Å². The first kappa shape index (κ1) is 22.8. The molecule has 3 rings (SSSR count). The van der Waals surface area contributed by atoms with Gasteiger partial charge >= 0.3 is 0 Å². The van der Waals surface area contributed by atoms with E-state index in [9.17, 15) is 13.2 Å². The van der Waals surface area contributed by atoms with Gasteiger partial charge in [0, 0.05) is 37.7 Å². The van der Waals surface area contributed by atoms with Crippen molar-refractivity contribution in [3.8, 4) is 0 Å². The van der Waals surface area contributed by atoms with Gasteiger partial charge in [0.1, 0.15) is 11.5 Å². The van der Waals surface area contributed by atoms with Crippen molar-refractivity contribution in [2.75, 3.05) is 46.3 Å². The number of benzene rings is 1. The number of halogens is 1. The Hall–Kier alpha value is -1.87. The fourth-order valence-electron chi connectivity index (χ4n) is 3.34. The molecule has 0 aliphatic carbocycles. The highest BCUT2D eigenvalue weighted by molar-refractivity contribution is 7.89. The largest absolute Gasteiger partial charge is 0.455 e. The molecule has 1 fully saturated rings. The molecule has 0 spiro atoms. The second-order valence-electron chi connectivity index (χ2n) is 7.68. The predicted octanol–water partition coefficient (Wildman–Crippen LogP) is 2.42. The zero-order chi connectivity index (χ0) is 21.6. The molecule has 0 radical (unpaired) electrons. The summed E-state index contributed by atoms with van der Waals surface area (Å²) >= 11 is 5.83. The molecule has 0 saturated carbocycles. The van der Waals surface area contributed by atoms with E-state index in [-0.39, 0.29) is 28.9 Å². The molecule has 1 N–H and O–H groups in total. The van der Waals surface area contributed by atoms with Crippen molar-refractivity contribution >= 4 is 27.3 Å². The monoisotopic (exact) mass is 453 g/mol. The second-order valence-corrected chi connectivity index (χ2v) is 10.2. The molecule has 164 valence electrons. The normalized spacial score (nSPS) is 15.9. The molecule has 0 atom stereocenters. The fourth-order valence-corrected chi connectivity index (χ4v) is 4.86. The average molecular weight is 454 g/mol. The number of rotatable bonds is 9. The number of carbonyl (C=O) groups excluding carboxylic acids is 1. The number of likely N-dealkylation sites (N-methyl/N-ethyl adjacent to an activating group) is 1. The average Bonchev–Trinajstić information content (AvgIpc) is 3.16. The van der Waals surface area contributed by atoms with Crippen LogP contribution in [-0.4, -0.2) is 70.4 Å². The maximum atomic E-state index is 12.4. The van der Waals surface area contributed by atoms with E-state index in [1.54, 1.807) is 30.3 Å². The lowest BCUT2D eigenvalue weighted by Gasteiger charge is -2.32. The van der Waals surface area contributed by atoms with Crippen molar-refractivity contribution in [3.05, 3.63) is 58.5 Å². The second kappa shape index (κ2) is 10.4. The Kier molecular flexibility index (Phi) is 7.93. The van der Waals surface area contributed by atoms with Gasteiger partial charge < -0.3 is 19.5 Å². The number of piperazine rings is 1. The summed E-state index contributed by atoms with van der Waals surface area (Å²) in [5, 5.41) is 3.39. The number of hydrogen-bond donors (Lipinski definition) is 1. The smallest absolute Gasteiger partial charge is 0.286 e. The van der Waals surface area contributed by atoms with Crippen LogP contribution in [0.5, 0.6) is 0 Å². The van der Waals surface area contributed by atoms with Gasteiger partial charge in [-0.1, -0.05) is 23.7 Å². The number of nitrogens with one attached hydrogen (secondary N) is 1. The Morgan fingerprint density at radius 3 is 2.47 bits per heavy atom. The van der Waals surface area contributed by atoms with Crippen molar-refractivity contribution in [1.29, 1.82) is 0 Å². The lowest BCUT2D eigenvalue weighted by atomic mass is 10.2. The Bertz CT molecular complexity index is 935. The maximum absolute atomic E-state index is 12.4. The molecular formula is C21H28ClN3O4S. The topological polar surface area (TPSA) is 82.9 Å². The standard InChI is InChI=1S/C21H28ClN3O4S/c1-24-11-13-25(14-12-24)10-2-9-23-21(26)20-8-7-19(29-20)16-30(27,28)15-17-3-5-18(22)6-4-17/h3-8H,2,9-16H2,1H3,(H,23,26). The molecule has 2 heterocycles. The minimum absolute atomic E-state index is 0.112. The van der Waals surface area contributed by atoms with Gasteiger partial charge in [0.2, 0.25) is 0 Å². The van der Waals surface area contributed by atoms with E-state index in [1.165, 1.54) is 6.07 Å². The van der Waals surface area contributed by atoms with Crippen molar-refractivity contribution in [3.63, 3.8) is 0 Å². The quantitative estimate of drug-likeness (QED) is 0.587. The van der Waals surface area contributed by atoms with Crippen LogP contribution < -0.4 is 5.32 Å². The first-order valence-corrected chi connectivity index (χ1v) is 12.2. The van der Waals surface area contributed by atoms with Gasteiger partial charge in [-0.3, -0.25) is 4.79 Å². The zero-order valence-corrected chi connectivity index (χ0v) is 18.7. The summed E-state index contributed by atoms with van der Waals surface area (Å²) in [6.07, 6.45) is 0.860. The zero-order valence-electron chi connectivity index (χ0n) is 17.1. The maximum Gasteiger partial charge on any atom is 0.286 e. The van der Waals surface area contributed by atoms with Crippen LogP contribution >= 0.6 is 11.6 Å².